The fraction of sp³-hybridized carbons (Fsp3) is 0.588. The first-order valence-corrected chi connectivity index (χ1v) is 11.4. The summed E-state index contributed by atoms with van der Waals surface area (Å²) >= 11 is 0. The minimum absolute atomic E-state index is 0.159. The summed E-state index contributed by atoms with van der Waals surface area (Å²) in [6.45, 7) is 15.2. The summed E-state index contributed by atoms with van der Waals surface area (Å²) in [7, 11) is -1.01. The van der Waals surface area contributed by atoms with Crippen molar-refractivity contribution >= 4 is 19.1 Å². The molecule has 4 heteroatoms. The van der Waals surface area contributed by atoms with Crippen molar-refractivity contribution in [1.29, 1.82) is 0 Å². The Morgan fingerprint density at radius 2 is 1.90 bits per heavy atom. The number of hydrogen-bond donors (Lipinski definition) is 0. The molecule has 1 aromatic carbocycles. The number of hydrogen-bond acceptors (Lipinski definition) is 2. The fourth-order valence-corrected chi connectivity index (χ4v) is 2.93. The molecule has 2 rings (SSSR count). The Hall–Kier alpha value is -1.13. The maximum atomic E-state index is 5.82. The Morgan fingerprint density at radius 1 is 1.19 bits per heavy atom. The smallest absolute Gasteiger partial charge is 0.124 e. The van der Waals surface area contributed by atoms with E-state index in [-0.39, 0.29) is 5.41 Å². The lowest BCUT2D eigenvalue weighted by molar-refractivity contribution is 0.0898. The van der Waals surface area contributed by atoms with Gasteiger partial charge in [-0.05, 0) is 29.2 Å². The first-order chi connectivity index (χ1) is 9.67. The SMILES string of the molecule is CC(C)(C)c1ccc2c(c1)ncn2COCC[Si](C)(C)C. The van der Waals surface area contributed by atoms with Gasteiger partial charge in [-0.1, -0.05) is 46.5 Å². The van der Waals surface area contributed by atoms with Crippen molar-refractivity contribution in [3.8, 4) is 0 Å². The number of aromatic nitrogens is 2. The maximum Gasteiger partial charge on any atom is 0.124 e. The number of ether oxygens (including phenoxy) is 1. The zero-order chi connectivity index (χ0) is 15.7. The molecule has 0 saturated heterocycles. The molecule has 0 aliphatic rings. The third-order valence-corrected chi connectivity index (χ3v) is 5.42. The van der Waals surface area contributed by atoms with Crippen molar-refractivity contribution in [2.45, 2.75) is 58.6 Å². The average molecular weight is 305 g/mol. The predicted octanol–water partition coefficient (Wildman–Crippen LogP) is 4.65. The molecule has 0 aliphatic heterocycles. The third-order valence-electron chi connectivity index (χ3n) is 3.71. The molecule has 0 atom stereocenters. The van der Waals surface area contributed by atoms with Gasteiger partial charge in [-0.3, -0.25) is 0 Å². The molecule has 116 valence electrons. The Kier molecular flexibility index (Phi) is 4.59. The van der Waals surface area contributed by atoms with E-state index in [0.717, 1.165) is 17.6 Å². The standard InChI is InChI=1S/C17H28N2OSi/c1-17(2,3)14-7-8-16-15(11-14)18-12-19(16)13-20-9-10-21(4,5)6/h7-8,11-12H,9-10,13H2,1-6H3. The van der Waals surface area contributed by atoms with Crippen molar-refractivity contribution in [3.05, 3.63) is 30.1 Å². The van der Waals surface area contributed by atoms with Gasteiger partial charge >= 0.3 is 0 Å². The molecule has 0 radical (unpaired) electrons. The number of nitrogens with zero attached hydrogens (tertiary/aromatic N) is 2. The molecule has 3 nitrogen and oxygen atoms in total. The minimum atomic E-state index is -1.01. The van der Waals surface area contributed by atoms with E-state index in [1.807, 2.05) is 6.33 Å². The molecule has 1 aromatic heterocycles. The van der Waals surface area contributed by atoms with E-state index in [9.17, 15) is 0 Å². The van der Waals surface area contributed by atoms with E-state index >= 15 is 0 Å². The van der Waals surface area contributed by atoms with Crippen molar-refractivity contribution in [1.82, 2.24) is 9.55 Å². The molecule has 0 N–H and O–H groups in total. The van der Waals surface area contributed by atoms with E-state index < -0.39 is 8.07 Å². The lowest BCUT2D eigenvalue weighted by Crippen LogP contribution is -2.21. The molecule has 21 heavy (non-hydrogen) atoms. The van der Waals surface area contributed by atoms with Crippen molar-refractivity contribution in [3.63, 3.8) is 0 Å². The second-order valence-corrected chi connectivity index (χ2v) is 13.6. The van der Waals surface area contributed by atoms with Crippen LogP contribution in [0.25, 0.3) is 11.0 Å². The Morgan fingerprint density at radius 3 is 2.52 bits per heavy atom. The average Bonchev–Trinajstić information content (AvgIpc) is 2.75. The van der Waals surface area contributed by atoms with Gasteiger partial charge in [0.1, 0.15) is 6.73 Å². The van der Waals surface area contributed by atoms with Crippen molar-refractivity contribution in [2.75, 3.05) is 6.61 Å². The third kappa shape index (κ3) is 4.42. The molecule has 0 fully saturated rings. The molecule has 0 saturated carbocycles. The summed E-state index contributed by atoms with van der Waals surface area (Å²) in [5, 5.41) is 0. The molecular weight excluding hydrogens is 276 g/mol. The summed E-state index contributed by atoms with van der Waals surface area (Å²) < 4.78 is 7.91. The molecule has 0 amide bonds. The highest BCUT2D eigenvalue weighted by molar-refractivity contribution is 6.76. The summed E-state index contributed by atoms with van der Waals surface area (Å²) in [6.07, 6.45) is 1.88. The van der Waals surface area contributed by atoms with Gasteiger partial charge < -0.3 is 9.30 Å². The van der Waals surface area contributed by atoms with Crippen LogP contribution in [-0.4, -0.2) is 24.2 Å². The minimum Gasteiger partial charge on any atom is -0.361 e. The van der Waals surface area contributed by atoms with Crippen LogP contribution < -0.4 is 0 Å². The van der Waals surface area contributed by atoms with Crippen LogP contribution >= 0.6 is 0 Å². The normalized spacial score (nSPS) is 13.0. The summed E-state index contributed by atoms with van der Waals surface area (Å²) in [5.41, 5.74) is 3.68. The first kappa shape index (κ1) is 16.2. The number of benzene rings is 1. The largest absolute Gasteiger partial charge is 0.361 e. The summed E-state index contributed by atoms with van der Waals surface area (Å²) in [6, 6.07) is 7.75. The van der Waals surface area contributed by atoms with E-state index in [2.05, 4.69) is 68.2 Å². The second kappa shape index (κ2) is 5.93. The van der Waals surface area contributed by atoms with E-state index in [1.54, 1.807) is 0 Å². The zero-order valence-corrected chi connectivity index (χ0v) is 15.2. The molecular formula is C17H28N2OSi. The van der Waals surface area contributed by atoms with Gasteiger partial charge in [-0.25, -0.2) is 4.98 Å². The second-order valence-electron chi connectivity index (χ2n) is 8.02. The van der Waals surface area contributed by atoms with Crippen LogP contribution in [-0.2, 0) is 16.9 Å². The molecule has 1 heterocycles. The van der Waals surface area contributed by atoms with Gasteiger partial charge in [0.15, 0.2) is 0 Å². The predicted molar refractivity (Wildman–Crippen MR) is 92.5 cm³/mol. The van der Waals surface area contributed by atoms with Gasteiger partial charge in [-0.15, -0.1) is 0 Å². The Labute approximate surface area is 129 Å². The lowest BCUT2D eigenvalue weighted by atomic mass is 9.87. The van der Waals surface area contributed by atoms with Crippen LogP contribution in [0.2, 0.25) is 25.7 Å². The highest BCUT2D eigenvalue weighted by Crippen LogP contribution is 2.25. The van der Waals surface area contributed by atoms with Crippen LogP contribution in [0.1, 0.15) is 26.3 Å². The van der Waals surface area contributed by atoms with E-state index in [4.69, 9.17) is 4.74 Å². The van der Waals surface area contributed by atoms with Crippen molar-refractivity contribution < 1.29 is 4.74 Å². The van der Waals surface area contributed by atoms with Crippen LogP contribution in [0.4, 0.5) is 0 Å². The summed E-state index contributed by atoms with van der Waals surface area (Å²) in [5.74, 6) is 0. The first-order valence-electron chi connectivity index (χ1n) is 7.70. The van der Waals surface area contributed by atoms with Gasteiger partial charge in [-0.2, -0.15) is 0 Å². The van der Waals surface area contributed by atoms with Gasteiger partial charge in [0, 0.05) is 14.7 Å². The highest BCUT2D eigenvalue weighted by Gasteiger charge is 2.15. The molecule has 0 bridgehead atoms. The summed E-state index contributed by atoms with van der Waals surface area (Å²) in [4.78, 5) is 4.51. The van der Waals surface area contributed by atoms with Crippen molar-refractivity contribution in [2.24, 2.45) is 0 Å². The number of rotatable bonds is 5. The molecule has 0 unspecified atom stereocenters. The van der Waals surface area contributed by atoms with Crippen LogP contribution in [0.5, 0.6) is 0 Å². The lowest BCUT2D eigenvalue weighted by Gasteiger charge is -2.19. The fourth-order valence-electron chi connectivity index (χ4n) is 2.17. The van der Waals surface area contributed by atoms with E-state index in [0.29, 0.717) is 6.73 Å². The van der Waals surface area contributed by atoms with Crippen LogP contribution in [0.15, 0.2) is 24.5 Å². The zero-order valence-electron chi connectivity index (χ0n) is 14.2. The van der Waals surface area contributed by atoms with Gasteiger partial charge in [0.05, 0.1) is 17.4 Å². The number of imidazole rings is 1. The van der Waals surface area contributed by atoms with Crippen LogP contribution in [0, 0.1) is 0 Å². The molecule has 0 aliphatic carbocycles. The molecule has 0 spiro atoms. The maximum absolute atomic E-state index is 5.82. The van der Waals surface area contributed by atoms with E-state index in [1.165, 1.54) is 11.6 Å². The Balaban J connectivity index is 2.05. The monoisotopic (exact) mass is 304 g/mol. The Bertz CT molecular complexity index is 605. The topological polar surface area (TPSA) is 27.1 Å². The number of fused-ring (bicyclic) bond motifs is 1. The quantitative estimate of drug-likeness (QED) is 0.594. The van der Waals surface area contributed by atoms with Crippen LogP contribution in [0.3, 0.4) is 0 Å². The van der Waals surface area contributed by atoms with Gasteiger partial charge in [0.25, 0.3) is 0 Å². The highest BCUT2D eigenvalue weighted by atomic mass is 28.3. The molecule has 2 aromatic rings. The van der Waals surface area contributed by atoms with Gasteiger partial charge in [0.2, 0.25) is 0 Å².